The van der Waals surface area contributed by atoms with Gasteiger partial charge in [0.15, 0.2) is 0 Å². The highest BCUT2D eigenvalue weighted by Gasteiger charge is 2.04. The largest absolute Gasteiger partial charge is 0.457 e. The highest BCUT2D eigenvalue weighted by molar-refractivity contribution is 5.35. The molecule has 21 heavy (non-hydrogen) atoms. The van der Waals surface area contributed by atoms with Crippen molar-refractivity contribution in [2.75, 3.05) is 6.54 Å². The SMILES string of the molecule is CCCNC(C)c1ccc(Oc2cccc(CC)c2)cc1. The summed E-state index contributed by atoms with van der Waals surface area (Å²) in [5, 5.41) is 3.49. The maximum absolute atomic E-state index is 5.92. The van der Waals surface area contributed by atoms with Gasteiger partial charge in [0.05, 0.1) is 0 Å². The van der Waals surface area contributed by atoms with E-state index < -0.39 is 0 Å². The van der Waals surface area contributed by atoms with E-state index in [1.165, 1.54) is 11.1 Å². The predicted octanol–water partition coefficient (Wildman–Crippen LogP) is 5.10. The van der Waals surface area contributed by atoms with Crippen molar-refractivity contribution in [1.29, 1.82) is 0 Å². The zero-order chi connectivity index (χ0) is 15.1. The third-order valence-corrected chi connectivity index (χ3v) is 3.62. The highest BCUT2D eigenvalue weighted by atomic mass is 16.5. The van der Waals surface area contributed by atoms with Gasteiger partial charge in [0, 0.05) is 6.04 Å². The maximum Gasteiger partial charge on any atom is 0.127 e. The zero-order valence-electron chi connectivity index (χ0n) is 13.2. The molecule has 0 fully saturated rings. The molecule has 2 nitrogen and oxygen atoms in total. The predicted molar refractivity (Wildman–Crippen MR) is 89.0 cm³/mol. The average Bonchev–Trinajstić information content (AvgIpc) is 2.53. The quantitative estimate of drug-likeness (QED) is 0.763. The molecule has 0 aromatic heterocycles. The Kier molecular flexibility index (Phi) is 5.82. The fraction of sp³-hybridized carbons (Fsp3) is 0.368. The molecule has 0 saturated carbocycles. The number of hydrogen-bond acceptors (Lipinski definition) is 2. The van der Waals surface area contributed by atoms with E-state index in [1.807, 2.05) is 24.3 Å². The van der Waals surface area contributed by atoms with Gasteiger partial charge in [0.25, 0.3) is 0 Å². The summed E-state index contributed by atoms with van der Waals surface area (Å²) in [6.45, 7) is 7.57. The van der Waals surface area contributed by atoms with Crippen LogP contribution in [0.1, 0.15) is 44.4 Å². The van der Waals surface area contributed by atoms with Crippen LogP contribution in [0, 0.1) is 0 Å². The van der Waals surface area contributed by atoms with Crippen molar-refractivity contribution >= 4 is 0 Å². The first-order valence-corrected chi connectivity index (χ1v) is 7.83. The Balaban J connectivity index is 2.01. The van der Waals surface area contributed by atoms with Gasteiger partial charge in [-0.15, -0.1) is 0 Å². The second-order valence-electron chi connectivity index (χ2n) is 5.35. The van der Waals surface area contributed by atoms with Crippen LogP contribution in [0.4, 0.5) is 0 Å². The number of nitrogens with one attached hydrogen (secondary N) is 1. The van der Waals surface area contributed by atoms with Crippen molar-refractivity contribution < 1.29 is 4.74 Å². The summed E-state index contributed by atoms with van der Waals surface area (Å²) in [6.07, 6.45) is 2.18. The van der Waals surface area contributed by atoms with Gasteiger partial charge in [-0.1, -0.05) is 38.1 Å². The summed E-state index contributed by atoms with van der Waals surface area (Å²) in [5.41, 5.74) is 2.58. The molecule has 0 bridgehead atoms. The lowest BCUT2D eigenvalue weighted by atomic mass is 10.1. The van der Waals surface area contributed by atoms with Crippen molar-refractivity contribution in [2.45, 2.75) is 39.7 Å². The van der Waals surface area contributed by atoms with Crippen molar-refractivity contribution in [1.82, 2.24) is 5.32 Å². The summed E-state index contributed by atoms with van der Waals surface area (Å²) in [5.74, 6) is 1.79. The fourth-order valence-electron chi connectivity index (χ4n) is 2.27. The summed E-state index contributed by atoms with van der Waals surface area (Å²) >= 11 is 0. The van der Waals surface area contributed by atoms with E-state index in [2.05, 4.69) is 50.4 Å². The Labute approximate surface area is 128 Å². The monoisotopic (exact) mass is 283 g/mol. The number of ether oxygens (including phenoxy) is 1. The molecule has 0 radical (unpaired) electrons. The smallest absolute Gasteiger partial charge is 0.127 e. The summed E-state index contributed by atoms with van der Waals surface area (Å²) in [6, 6.07) is 17.0. The van der Waals surface area contributed by atoms with Crippen LogP contribution >= 0.6 is 0 Å². The first kappa shape index (κ1) is 15.6. The molecule has 1 unspecified atom stereocenters. The van der Waals surface area contributed by atoms with Gasteiger partial charge in [-0.2, -0.15) is 0 Å². The van der Waals surface area contributed by atoms with E-state index in [4.69, 9.17) is 4.74 Å². The van der Waals surface area contributed by atoms with Crippen molar-refractivity contribution in [3.8, 4) is 11.5 Å². The van der Waals surface area contributed by atoms with Crippen LogP contribution in [0.25, 0.3) is 0 Å². The molecule has 2 aromatic rings. The molecule has 2 rings (SSSR count). The van der Waals surface area contributed by atoms with Crippen LogP contribution in [0.15, 0.2) is 48.5 Å². The fourth-order valence-corrected chi connectivity index (χ4v) is 2.27. The lowest BCUT2D eigenvalue weighted by Crippen LogP contribution is -2.19. The lowest BCUT2D eigenvalue weighted by Gasteiger charge is -2.14. The standard InChI is InChI=1S/C19H25NO/c1-4-13-20-15(3)17-9-11-18(12-10-17)21-19-8-6-7-16(5-2)14-19/h6-12,14-15,20H,4-5,13H2,1-3H3. The molecule has 0 aliphatic carbocycles. The molecular weight excluding hydrogens is 258 g/mol. The van der Waals surface area contributed by atoms with Crippen LogP contribution in [0.2, 0.25) is 0 Å². The molecule has 0 heterocycles. The maximum atomic E-state index is 5.92. The van der Waals surface area contributed by atoms with Gasteiger partial charge in [0.1, 0.15) is 11.5 Å². The normalized spacial score (nSPS) is 12.1. The third-order valence-electron chi connectivity index (χ3n) is 3.62. The molecule has 1 atom stereocenters. The Hall–Kier alpha value is -1.80. The minimum Gasteiger partial charge on any atom is -0.457 e. The number of aryl methyl sites for hydroxylation is 1. The molecule has 1 N–H and O–H groups in total. The van der Waals surface area contributed by atoms with Crippen molar-refractivity contribution in [3.05, 3.63) is 59.7 Å². The van der Waals surface area contributed by atoms with Gasteiger partial charge in [0.2, 0.25) is 0 Å². The van der Waals surface area contributed by atoms with Gasteiger partial charge in [-0.3, -0.25) is 0 Å². The second-order valence-corrected chi connectivity index (χ2v) is 5.35. The summed E-state index contributed by atoms with van der Waals surface area (Å²) < 4.78 is 5.92. The molecule has 2 aromatic carbocycles. The summed E-state index contributed by atoms with van der Waals surface area (Å²) in [7, 11) is 0. The molecule has 0 spiro atoms. The van der Waals surface area contributed by atoms with Crippen molar-refractivity contribution in [2.24, 2.45) is 0 Å². The minimum absolute atomic E-state index is 0.377. The van der Waals surface area contributed by atoms with Gasteiger partial charge in [-0.25, -0.2) is 0 Å². The highest BCUT2D eigenvalue weighted by Crippen LogP contribution is 2.24. The number of hydrogen-bond donors (Lipinski definition) is 1. The van der Waals surface area contributed by atoms with E-state index in [0.717, 1.165) is 30.9 Å². The van der Waals surface area contributed by atoms with E-state index >= 15 is 0 Å². The van der Waals surface area contributed by atoms with E-state index in [0.29, 0.717) is 6.04 Å². The third kappa shape index (κ3) is 4.61. The first-order valence-electron chi connectivity index (χ1n) is 7.83. The van der Waals surface area contributed by atoms with Gasteiger partial charge < -0.3 is 10.1 Å². The molecule has 112 valence electrons. The number of rotatable bonds is 7. The molecule has 0 amide bonds. The Morgan fingerprint density at radius 3 is 2.43 bits per heavy atom. The van der Waals surface area contributed by atoms with Gasteiger partial charge >= 0.3 is 0 Å². The molecule has 0 saturated heterocycles. The molecule has 2 heteroatoms. The minimum atomic E-state index is 0.377. The first-order chi connectivity index (χ1) is 10.2. The van der Waals surface area contributed by atoms with Crippen LogP contribution in [0.3, 0.4) is 0 Å². The summed E-state index contributed by atoms with van der Waals surface area (Å²) in [4.78, 5) is 0. The Morgan fingerprint density at radius 2 is 1.76 bits per heavy atom. The molecular formula is C19H25NO. The van der Waals surface area contributed by atoms with Crippen LogP contribution in [-0.2, 0) is 6.42 Å². The van der Waals surface area contributed by atoms with Crippen LogP contribution in [0.5, 0.6) is 11.5 Å². The molecule has 0 aliphatic heterocycles. The van der Waals surface area contributed by atoms with E-state index in [-0.39, 0.29) is 0 Å². The second kappa shape index (κ2) is 7.84. The van der Waals surface area contributed by atoms with E-state index in [1.54, 1.807) is 0 Å². The Bertz CT molecular complexity index is 548. The van der Waals surface area contributed by atoms with E-state index in [9.17, 15) is 0 Å². The number of benzene rings is 2. The zero-order valence-corrected chi connectivity index (χ0v) is 13.2. The van der Waals surface area contributed by atoms with Crippen LogP contribution < -0.4 is 10.1 Å². The Morgan fingerprint density at radius 1 is 1.00 bits per heavy atom. The topological polar surface area (TPSA) is 21.3 Å². The van der Waals surface area contributed by atoms with Gasteiger partial charge in [-0.05, 0) is 61.7 Å². The van der Waals surface area contributed by atoms with Crippen LogP contribution in [-0.4, -0.2) is 6.54 Å². The lowest BCUT2D eigenvalue weighted by molar-refractivity contribution is 0.481. The average molecular weight is 283 g/mol. The molecule has 0 aliphatic rings. The van der Waals surface area contributed by atoms with Crippen molar-refractivity contribution in [3.63, 3.8) is 0 Å².